The van der Waals surface area contributed by atoms with E-state index in [2.05, 4.69) is 21.2 Å². The Morgan fingerprint density at radius 1 is 1.59 bits per heavy atom. The lowest BCUT2D eigenvalue weighted by Gasteiger charge is -2.25. The first kappa shape index (κ1) is 13.1. The second-order valence-corrected chi connectivity index (χ2v) is 6.07. The van der Waals surface area contributed by atoms with Crippen LogP contribution in [0.15, 0.2) is 27.6 Å². The Hall–Kier alpha value is -0.360. The molecule has 1 aromatic rings. The summed E-state index contributed by atoms with van der Waals surface area (Å²) in [5.41, 5.74) is 0.737. The van der Waals surface area contributed by atoms with Crippen molar-refractivity contribution in [3.63, 3.8) is 0 Å². The zero-order chi connectivity index (χ0) is 12.3. The summed E-state index contributed by atoms with van der Waals surface area (Å²) in [5, 5.41) is 3.41. The van der Waals surface area contributed by atoms with E-state index in [1.54, 1.807) is 18.8 Å². The highest BCUT2D eigenvalue weighted by molar-refractivity contribution is 9.10. The first-order valence-corrected chi connectivity index (χ1v) is 7.09. The van der Waals surface area contributed by atoms with Gasteiger partial charge in [-0.05, 0) is 35.1 Å². The predicted molar refractivity (Wildman–Crippen MR) is 72.9 cm³/mol. The Bertz CT molecular complexity index is 421. The first-order valence-electron chi connectivity index (χ1n) is 5.42. The second-order valence-electron chi connectivity index (χ2n) is 3.88. The van der Waals surface area contributed by atoms with E-state index in [1.807, 2.05) is 18.2 Å². The van der Waals surface area contributed by atoms with Crippen LogP contribution in [0.25, 0.3) is 0 Å². The van der Waals surface area contributed by atoms with Crippen LogP contribution in [0.3, 0.4) is 0 Å². The quantitative estimate of drug-likeness (QED) is 0.846. The number of hydrogen-bond acceptors (Lipinski definition) is 4. The number of ether oxygens (including phenoxy) is 1. The van der Waals surface area contributed by atoms with E-state index in [0.29, 0.717) is 11.8 Å². The molecule has 0 amide bonds. The highest BCUT2D eigenvalue weighted by atomic mass is 79.9. The lowest BCUT2D eigenvalue weighted by atomic mass is 10.1. The van der Waals surface area contributed by atoms with Crippen molar-refractivity contribution in [2.75, 3.05) is 26.8 Å². The summed E-state index contributed by atoms with van der Waals surface area (Å²) in [6, 6.07) is 5.77. The predicted octanol–water partition coefficient (Wildman–Crippen LogP) is 2.34. The minimum atomic E-state index is 0.108. The standard InChI is InChI=1S/C12H14BrNO2S/c1-14-5-11(15)8-2-3-12(10(13)4-8)17-9-6-16-7-9/h2-4,9,14H,5-7H2,1H3. The molecule has 0 saturated carbocycles. The summed E-state index contributed by atoms with van der Waals surface area (Å²) in [7, 11) is 1.77. The minimum Gasteiger partial charge on any atom is -0.379 e. The molecule has 92 valence electrons. The Morgan fingerprint density at radius 2 is 2.35 bits per heavy atom. The van der Waals surface area contributed by atoms with Crippen LogP contribution >= 0.6 is 27.7 Å². The molecule has 1 aromatic carbocycles. The lowest BCUT2D eigenvalue weighted by molar-refractivity contribution is 0.0455. The monoisotopic (exact) mass is 315 g/mol. The molecule has 0 spiro atoms. The molecule has 1 fully saturated rings. The van der Waals surface area contributed by atoms with Gasteiger partial charge in [0.05, 0.1) is 25.0 Å². The van der Waals surface area contributed by atoms with Crippen LogP contribution in [0.1, 0.15) is 10.4 Å². The molecule has 0 bridgehead atoms. The van der Waals surface area contributed by atoms with Gasteiger partial charge in [-0.15, -0.1) is 11.8 Å². The Labute approximate surface area is 113 Å². The summed E-state index contributed by atoms with van der Waals surface area (Å²) < 4.78 is 6.13. The van der Waals surface area contributed by atoms with Gasteiger partial charge >= 0.3 is 0 Å². The number of carbonyl (C=O) groups excluding carboxylic acids is 1. The fraction of sp³-hybridized carbons (Fsp3) is 0.417. The van der Waals surface area contributed by atoms with E-state index >= 15 is 0 Å². The molecule has 1 saturated heterocycles. The molecular formula is C12H14BrNO2S. The van der Waals surface area contributed by atoms with E-state index in [-0.39, 0.29) is 5.78 Å². The number of ketones is 1. The fourth-order valence-electron chi connectivity index (χ4n) is 1.49. The maximum absolute atomic E-state index is 11.7. The van der Waals surface area contributed by atoms with Crippen molar-refractivity contribution >= 4 is 33.5 Å². The van der Waals surface area contributed by atoms with Crippen molar-refractivity contribution in [3.05, 3.63) is 28.2 Å². The third-order valence-corrected chi connectivity index (χ3v) is 4.63. The lowest BCUT2D eigenvalue weighted by Crippen LogP contribution is -2.30. The van der Waals surface area contributed by atoms with Crippen molar-refractivity contribution in [2.24, 2.45) is 0 Å². The van der Waals surface area contributed by atoms with Crippen LogP contribution in [0.5, 0.6) is 0 Å². The van der Waals surface area contributed by atoms with Gasteiger partial charge < -0.3 is 10.1 Å². The van der Waals surface area contributed by atoms with Crippen LogP contribution < -0.4 is 5.32 Å². The molecule has 2 rings (SSSR count). The van der Waals surface area contributed by atoms with Crippen LogP contribution in [0.4, 0.5) is 0 Å². The average molecular weight is 316 g/mol. The number of halogens is 1. The number of likely N-dealkylation sites (N-methyl/N-ethyl adjacent to an activating group) is 1. The summed E-state index contributed by atoms with van der Waals surface area (Å²) in [6.45, 7) is 2.00. The van der Waals surface area contributed by atoms with Crippen molar-refractivity contribution in [3.8, 4) is 0 Å². The number of Topliss-reactive ketones (excluding diaryl/α,β-unsaturated/α-hetero) is 1. The number of carbonyl (C=O) groups is 1. The van der Waals surface area contributed by atoms with Crippen molar-refractivity contribution in [2.45, 2.75) is 10.1 Å². The molecule has 5 heteroatoms. The van der Waals surface area contributed by atoms with Crippen LogP contribution in [0, 0.1) is 0 Å². The van der Waals surface area contributed by atoms with Gasteiger partial charge in [0.25, 0.3) is 0 Å². The molecule has 1 aliphatic heterocycles. The van der Waals surface area contributed by atoms with Crippen molar-refractivity contribution in [1.82, 2.24) is 5.32 Å². The number of thioether (sulfide) groups is 1. The zero-order valence-electron chi connectivity index (χ0n) is 9.53. The van der Waals surface area contributed by atoms with Gasteiger partial charge in [-0.2, -0.15) is 0 Å². The molecule has 3 nitrogen and oxygen atoms in total. The Kier molecular flexibility index (Phi) is 4.62. The second kappa shape index (κ2) is 6.00. The third kappa shape index (κ3) is 3.31. The molecule has 1 heterocycles. The maximum atomic E-state index is 11.7. The molecule has 17 heavy (non-hydrogen) atoms. The Morgan fingerprint density at radius 3 is 2.88 bits per heavy atom. The normalized spacial score (nSPS) is 15.6. The van der Waals surface area contributed by atoms with Crippen LogP contribution in [-0.2, 0) is 4.74 Å². The van der Waals surface area contributed by atoms with Gasteiger partial charge in [0.1, 0.15) is 0 Å². The summed E-state index contributed by atoms with van der Waals surface area (Å²) in [4.78, 5) is 12.9. The molecule has 0 atom stereocenters. The number of nitrogens with one attached hydrogen (secondary N) is 1. The minimum absolute atomic E-state index is 0.108. The smallest absolute Gasteiger partial charge is 0.176 e. The van der Waals surface area contributed by atoms with Crippen LogP contribution in [0.2, 0.25) is 0 Å². The van der Waals surface area contributed by atoms with Gasteiger partial charge in [-0.1, -0.05) is 6.07 Å². The van der Waals surface area contributed by atoms with Gasteiger partial charge in [-0.3, -0.25) is 4.79 Å². The summed E-state index contributed by atoms with van der Waals surface area (Å²) in [5.74, 6) is 0.108. The third-order valence-electron chi connectivity index (χ3n) is 2.49. The number of hydrogen-bond donors (Lipinski definition) is 1. The first-order chi connectivity index (χ1) is 8.20. The van der Waals surface area contributed by atoms with E-state index < -0.39 is 0 Å². The fourth-order valence-corrected chi connectivity index (χ4v) is 3.16. The summed E-state index contributed by atoms with van der Waals surface area (Å²) in [6.07, 6.45) is 0. The molecule has 0 radical (unpaired) electrons. The average Bonchev–Trinajstić information content (AvgIpc) is 2.25. The van der Waals surface area contributed by atoms with Crippen molar-refractivity contribution in [1.29, 1.82) is 0 Å². The van der Waals surface area contributed by atoms with E-state index in [9.17, 15) is 4.79 Å². The van der Waals surface area contributed by atoms with Crippen molar-refractivity contribution < 1.29 is 9.53 Å². The van der Waals surface area contributed by atoms with Gasteiger partial charge in [-0.25, -0.2) is 0 Å². The number of rotatable bonds is 5. The molecule has 1 N–H and O–H groups in total. The summed E-state index contributed by atoms with van der Waals surface area (Å²) >= 11 is 5.31. The largest absolute Gasteiger partial charge is 0.379 e. The highest BCUT2D eigenvalue weighted by Crippen LogP contribution is 2.34. The topological polar surface area (TPSA) is 38.3 Å². The molecule has 0 unspecified atom stereocenters. The van der Waals surface area contributed by atoms with E-state index in [1.165, 1.54) is 4.90 Å². The Balaban J connectivity index is 2.07. The van der Waals surface area contributed by atoms with Crippen LogP contribution in [-0.4, -0.2) is 37.8 Å². The maximum Gasteiger partial charge on any atom is 0.176 e. The SMILES string of the molecule is CNCC(=O)c1ccc(SC2COC2)c(Br)c1. The van der Waals surface area contributed by atoms with E-state index in [4.69, 9.17) is 4.74 Å². The van der Waals surface area contributed by atoms with Gasteiger partial charge in [0, 0.05) is 14.9 Å². The highest BCUT2D eigenvalue weighted by Gasteiger charge is 2.20. The van der Waals surface area contributed by atoms with Gasteiger partial charge in [0.15, 0.2) is 5.78 Å². The number of benzene rings is 1. The molecule has 0 aliphatic carbocycles. The molecule has 0 aromatic heterocycles. The molecular weight excluding hydrogens is 302 g/mol. The van der Waals surface area contributed by atoms with E-state index in [0.717, 1.165) is 23.2 Å². The zero-order valence-corrected chi connectivity index (χ0v) is 11.9. The van der Waals surface area contributed by atoms with Gasteiger partial charge in [0.2, 0.25) is 0 Å². The molecule has 1 aliphatic rings.